The molecule has 1 aliphatic heterocycles. The lowest BCUT2D eigenvalue weighted by molar-refractivity contribution is 0.257. The summed E-state index contributed by atoms with van der Waals surface area (Å²) in [4.78, 5) is 5.07. The van der Waals surface area contributed by atoms with E-state index in [2.05, 4.69) is 36.0 Å². The minimum atomic E-state index is 1.14. The normalized spacial score (nSPS) is 13.3. The van der Waals surface area contributed by atoms with Gasteiger partial charge in [0.15, 0.2) is 0 Å². The molecule has 226 valence electrons. The number of unbranched alkanes of at least 4 members (excludes halogenated alkanes) is 27. The Kier molecular flexibility index (Phi) is 27.3. The zero-order chi connectivity index (χ0) is 27.2. The van der Waals surface area contributed by atoms with Gasteiger partial charge in [-0.05, 0) is 12.8 Å². The Hall–Kier alpha value is -0.660. The highest BCUT2D eigenvalue weighted by molar-refractivity contribution is 4.90. The van der Waals surface area contributed by atoms with Crippen LogP contribution >= 0.6 is 0 Å². The number of hydrogen-bond acceptors (Lipinski definition) is 2. The predicted octanol–water partition coefficient (Wildman–Crippen LogP) is 12.4. The minimum Gasteiger partial charge on any atom is -0.359 e. The van der Waals surface area contributed by atoms with E-state index in [4.69, 9.17) is 0 Å². The van der Waals surface area contributed by atoms with Gasteiger partial charge in [-0.25, -0.2) is 0 Å². The van der Waals surface area contributed by atoms with Crippen molar-refractivity contribution in [3.05, 3.63) is 12.4 Å². The van der Waals surface area contributed by atoms with Gasteiger partial charge in [-0.15, -0.1) is 0 Å². The summed E-state index contributed by atoms with van der Waals surface area (Å²) in [5.74, 6) is 0. The van der Waals surface area contributed by atoms with E-state index in [0.717, 1.165) is 6.67 Å². The van der Waals surface area contributed by atoms with Crippen molar-refractivity contribution in [3.63, 3.8) is 0 Å². The molecule has 1 aliphatic rings. The average Bonchev–Trinajstić information content (AvgIpc) is 3.38. The van der Waals surface area contributed by atoms with Crippen LogP contribution in [0.15, 0.2) is 12.4 Å². The average molecular weight is 533 g/mol. The molecular weight excluding hydrogens is 460 g/mol. The molecule has 2 nitrogen and oxygen atoms in total. The minimum absolute atomic E-state index is 1.14. The molecule has 1 heterocycles. The monoisotopic (exact) mass is 533 g/mol. The van der Waals surface area contributed by atoms with Crippen molar-refractivity contribution >= 4 is 0 Å². The van der Waals surface area contributed by atoms with Crippen LogP contribution in [-0.2, 0) is 0 Å². The van der Waals surface area contributed by atoms with Crippen LogP contribution in [0.2, 0.25) is 0 Å². The largest absolute Gasteiger partial charge is 0.359 e. The van der Waals surface area contributed by atoms with Crippen LogP contribution in [0, 0.1) is 0 Å². The fraction of sp³-hybridized carbons (Fsp3) is 0.944. The number of hydrogen-bond donors (Lipinski definition) is 0. The molecule has 0 aromatic heterocycles. The highest BCUT2D eigenvalue weighted by atomic mass is 15.3. The smallest absolute Gasteiger partial charge is 0.0893 e. The van der Waals surface area contributed by atoms with Crippen molar-refractivity contribution in [1.29, 1.82) is 0 Å². The summed E-state index contributed by atoms with van der Waals surface area (Å²) < 4.78 is 0. The fourth-order valence-electron chi connectivity index (χ4n) is 6.00. The first kappa shape index (κ1) is 35.4. The van der Waals surface area contributed by atoms with Crippen LogP contribution in [0.1, 0.15) is 200 Å². The van der Waals surface area contributed by atoms with E-state index in [-0.39, 0.29) is 0 Å². The second-order valence-electron chi connectivity index (χ2n) is 12.6. The first-order chi connectivity index (χ1) is 18.9. The first-order valence-corrected chi connectivity index (χ1v) is 18.0. The Bertz CT molecular complexity index is 474. The molecule has 0 N–H and O–H groups in total. The third kappa shape index (κ3) is 24.4. The van der Waals surface area contributed by atoms with Gasteiger partial charge >= 0.3 is 0 Å². The highest BCUT2D eigenvalue weighted by Gasteiger charge is 2.11. The van der Waals surface area contributed by atoms with Gasteiger partial charge in [0.25, 0.3) is 0 Å². The van der Waals surface area contributed by atoms with Crippen LogP contribution in [0.5, 0.6) is 0 Å². The maximum atomic E-state index is 2.53. The topological polar surface area (TPSA) is 6.48 Å². The van der Waals surface area contributed by atoms with E-state index in [1.54, 1.807) is 0 Å². The van der Waals surface area contributed by atoms with Crippen molar-refractivity contribution in [3.8, 4) is 0 Å². The Balaban J connectivity index is 1.74. The number of rotatable bonds is 31. The molecule has 0 saturated heterocycles. The SMILES string of the molecule is CCCCCCCCCCCCCCCCCCCN1C=CN(CCCCCCCCCCCCCC)C1. The van der Waals surface area contributed by atoms with E-state index >= 15 is 0 Å². The van der Waals surface area contributed by atoms with E-state index < -0.39 is 0 Å². The second-order valence-corrected chi connectivity index (χ2v) is 12.6. The van der Waals surface area contributed by atoms with Gasteiger partial charge in [-0.2, -0.15) is 0 Å². The van der Waals surface area contributed by atoms with E-state index in [1.807, 2.05) is 0 Å². The quantitative estimate of drug-likeness (QED) is 0.0819. The summed E-state index contributed by atoms with van der Waals surface area (Å²) in [7, 11) is 0. The Morgan fingerprint density at radius 1 is 0.316 bits per heavy atom. The molecule has 0 aliphatic carbocycles. The molecule has 2 heteroatoms. The van der Waals surface area contributed by atoms with Gasteiger partial charge in [-0.3, -0.25) is 0 Å². The summed E-state index contributed by atoms with van der Waals surface area (Å²) >= 11 is 0. The molecule has 0 spiro atoms. The Morgan fingerprint density at radius 2 is 0.526 bits per heavy atom. The van der Waals surface area contributed by atoms with Crippen molar-refractivity contribution in [2.45, 2.75) is 200 Å². The second kappa shape index (κ2) is 29.3. The van der Waals surface area contributed by atoms with Crippen LogP contribution in [0.3, 0.4) is 0 Å². The predicted molar refractivity (Wildman–Crippen MR) is 173 cm³/mol. The third-order valence-electron chi connectivity index (χ3n) is 8.70. The molecular formula is C36H72N2. The van der Waals surface area contributed by atoms with Gasteiger partial charge in [-0.1, -0.05) is 187 Å². The van der Waals surface area contributed by atoms with Crippen LogP contribution in [0.4, 0.5) is 0 Å². The standard InChI is InChI=1S/C36H72N2/c1-3-5-7-9-11-13-15-17-18-19-20-21-23-25-27-29-31-33-38-35-34-37(36-38)32-30-28-26-24-22-16-14-12-10-8-6-4-2/h34-35H,3-33,36H2,1-2H3. The lowest BCUT2D eigenvalue weighted by atomic mass is 10.0. The zero-order valence-electron chi connectivity index (χ0n) is 26.7. The Morgan fingerprint density at radius 3 is 0.763 bits per heavy atom. The molecule has 0 amide bonds. The lowest BCUT2D eigenvalue weighted by Crippen LogP contribution is -2.26. The van der Waals surface area contributed by atoms with Crippen molar-refractivity contribution in [2.24, 2.45) is 0 Å². The first-order valence-electron chi connectivity index (χ1n) is 18.0. The van der Waals surface area contributed by atoms with E-state index in [9.17, 15) is 0 Å². The van der Waals surface area contributed by atoms with Gasteiger partial charge in [0, 0.05) is 25.5 Å². The molecule has 0 saturated carbocycles. The summed E-state index contributed by atoms with van der Waals surface area (Å²) in [6.45, 7) is 8.25. The van der Waals surface area contributed by atoms with Crippen molar-refractivity contribution in [1.82, 2.24) is 9.80 Å². The van der Waals surface area contributed by atoms with E-state index in [0.29, 0.717) is 0 Å². The third-order valence-corrected chi connectivity index (χ3v) is 8.70. The van der Waals surface area contributed by atoms with Gasteiger partial charge in [0.1, 0.15) is 0 Å². The summed E-state index contributed by atoms with van der Waals surface area (Å²) in [5.41, 5.74) is 0. The molecule has 0 aromatic rings. The molecule has 0 atom stereocenters. The van der Waals surface area contributed by atoms with Crippen molar-refractivity contribution < 1.29 is 0 Å². The molecule has 0 unspecified atom stereocenters. The van der Waals surface area contributed by atoms with Crippen LogP contribution in [0.25, 0.3) is 0 Å². The lowest BCUT2D eigenvalue weighted by Gasteiger charge is -2.21. The van der Waals surface area contributed by atoms with E-state index in [1.165, 1.54) is 199 Å². The zero-order valence-corrected chi connectivity index (χ0v) is 26.7. The molecule has 0 bridgehead atoms. The summed E-state index contributed by atoms with van der Waals surface area (Å²) in [6.07, 6.45) is 46.7. The molecule has 1 rings (SSSR count). The summed E-state index contributed by atoms with van der Waals surface area (Å²) in [6, 6.07) is 0. The highest BCUT2D eigenvalue weighted by Crippen LogP contribution is 2.16. The maximum Gasteiger partial charge on any atom is 0.0893 e. The van der Waals surface area contributed by atoms with Crippen LogP contribution < -0.4 is 0 Å². The summed E-state index contributed by atoms with van der Waals surface area (Å²) in [5, 5.41) is 0. The van der Waals surface area contributed by atoms with Gasteiger partial charge < -0.3 is 9.80 Å². The van der Waals surface area contributed by atoms with Gasteiger partial charge in [0.05, 0.1) is 6.67 Å². The van der Waals surface area contributed by atoms with Gasteiger partial charge in [0.2, 0.25) is 0 Å². The van der Waals surface area contributed by atoms with Crippen LogP contribution in [-0.4, -0.2) is 29.6 Å². The molecule has 0 radical (unpaired) electrons. The van der Waals surface area contributed by atoms with Crippen molar-refractivity contribution in [2.75, 3.05) is 19.8 Å². The Labute approximate surface area is 241 Å². The number of nitrogens with zero attached hydrogens (tertiary/aromatic N) is 2. The molecule has 0 fully saturated rings. The molecule has 38 heavy (non-hydrogen) atoms. The molecule has 0 aromatic carbocycles. The fourth-order valence-corrected chi connectivity index (χ4v) is 6.00. The maximum absolute atomic E-state index is 2.53.